The molecule has 0 aromatic carbocycles. The molecule has 0 aromatic heterocycles. The van der Waals surface area contributed by atoms with Gasteiger partial charge in [0.1, 0.15) is 0 Å². The maximum atomic E-state index is 11.5. The fourth-order valence-electron chi connectivity index (χ4n) is 3.24. The van der Waals surface area contributed by atoms with Gasteiger partial charge in [0.2, 0.25) is 0 Å². The Morgan fingerprint density at radius 2 is 1.50 bits per heavy atom. The van der Waals surface area contributed by atoms with Crippen LogP contribution in [0.15, 0.2) is 0 Å². The van der Waals surface area contributed by atoms with E-state index in [1.807, 2.05) is 0 Å². The molecule has 0 amide bonds. The second-order valence-electron chi connectivity index (χ2n) is 5.13. The van der Waals surface area contributed by atoms with E-state index < -0.39 is 0 Å². The van der Waals surface area contributed by atoms with Gasteiger partial charge < -0.3 is 4.74 Å². The molecule has 0 atom stereocenters. The third-order valence-corrected chi connectivity index (χ3v) is 4.13. The number of ether oxygens (including phenoxy) is 1. The van der Waals surface area contributed by atoms with Crippen LogP contribution in [0.3, 0.4) is 0 Å². The van der Waals surface area contributed by atoms with Crippen LogP contribution in [-0.4, -0.2) is 36.6 Å². The van der Waals surface area contributed by atoms with E-state index >= 15 is 0 Å². The van der Waals surface area contributed by atoms with E-state index in [2.05, 4.69) is 4.90 Å². The Bertz CT molecular complexity index is 214. The zero-order valence-corrected chi connectivity index (χ0v) is 10.3. The number of nitrogens with zero attached hydrogens (tertiary/aromatic N) is 1. The molecule has 0 spiro atoms. The first kappa shape index (κ1) is 11.9. The van der Waals surface area contributed by atoms with Crippen molar-refractivity contribution in [1.82, 2.24) is 4.90 Å². The predicted molar refractivity (Wildman–Crippen MR) is 63.2 cm³/mol. The molecule has 0 unspecified atom stereocenters. The molecule has 0 saturated heterocycles. The molecule has 2 fully saturated rings. The minimum atomic E-state index is -0.0706. The van der Waals surface area contributed by atoms with E-state index in [4.69, 9.17) is 4.74 Å². The van der Waals surface area contributed by atoms with Gasteiger partial charge >= 0.3 is 5.97 Å². The summed E-state index contributed by atoms with van der Waals surface area (Å²) >= 11 is 0. The highest BCUT2D eigenvalue weighted by atomic mass is 16.5. The largest absolute Gasteiger partial charge is 0.468 e. The van der Waals surface area contributed by atoms with E-state index in [9.17, 15) is 4.79 Å². The molecule has 16 heavy (non-hydrogen) atoms. The van der Waals surface area contributed by atoms with Gasteiger partial charge in [0, 0.05) is 12.1 Å². The van der Waals surface area contributed by atoms with Gasteiger partial charge in [0.05, 0.1) is 13.7 Å². The standard InChI is InChI=1S/C13H23NO2/c1-16-13(15)10-14(11-6-2-3-7-11)12-8-4-5-9-12/h11-12H,2-10H2,1H3. The van der Waals surface area contributed by atoms with Gasteiger partial charge in [0.15, 0.2) is 0 Å². The van der Waals surface area contributed by atoms with E-state index in [1.54, 1.807) is 0 Å². The summed E-state index contributed by atoms with van der Waals surface area (Å²) in [7, 11) is 1.49. The summed E-state index contributed by atoms with van der Waals surface area (Å²) in [6, 6.07) is 1.28. The second-order valence-corrected chi connectivity index (χ2v) is 5.13. The minimum absolute atomic E-state index is 0.0706. The number of rotatable bonds is 4. The van der Waals surface area contributed by atoms with Crippen LogP contribution in [0.5, 0.6) is 0 Å². The molecule has 0 bridgehead atoms. The Kier molecular flexibility index (Phi) is 4.22. The first-order valence-electron chi connectivity index (χ1n) is 6.64. The van der Waals surface area contributed by atoms with Crippen LogP contribution in [0, 0.1) is 0 Å². The smallest absolute Gasteiger partial charge is 0.319 e. The van der Waals surface area contributed by atoms with Crippen LogP contribution >= 0.6 is 0 Å². The number of hydrogen-bond donors (Lipinski definition) is 0. The molecule has 2 saturated carbocycles. The highest BCUT2D eigenvalue weighted by Gasteiger charge is 2.31. The molecule has 3 heteroatoms. The van der Waals surface area contributed by atoms with Crippen molar-refractivity contribution >= 4 is 5.97 Å². The third kappa shape index (κ3) is 2.76. The van der Waals surface area contributed by atoms with Crippen molar-refractivity contribution in [2.45, 2.75) is 63.5 Å². The van der Waals surface area contributed by atoms with Crippen molar-refractivity contribution in [2.24, 2.45) is 0 Å². The summed E-state index contributed by atoms with van der Waals surface area (Å²) in [4.78, 5) is 13.9. The van der Waals surface area contributed by atoms with Gasteiger partial charge in [-0.1, -0.05) is 25.7 Å². The van der Waals surface area contributed by atoms with Crippen molar-refractivity contribution in [3.63, 3.8) is 0 Å². The number of carbonyl (C=O) groups excluding carboxylic acids is 1. The Hall–Kier alpha value is -0.570. The van der Waals surface area contributed by atoms with Crippen molar-refractivity contribution in [1.29, 1.82) is 0 Å². The molecule has 0 radical (unpaired) electrons. The monoisotopic (exact) mass is 225 g/mol. The first-order valence-corrected chi connectivity index (χ1v) is 6.64. The van der Waals surface area contributed by atoms with Crippen molar-refractivity contribution < 1.29 is 9.53 Å². The van der Waals surface area contributed by atoms with Gasteiger partial charge in [-0.25, -0.2) is 0 Å². The van der Waals surface area contributed by atoms with Crippen LogP contribution in [-0.2, 0) is 9.53 Å². The Morgan fingerprint density at radius 1 is 1.06 bits per heavy atom. The summed E-state index contributed by atoms with van der Waals surface area (Å²) < 4.78 is 4.82. The number of esters is 1. The number of methoxy groups -OCH3 is 1. The van der Waals surface area contributed by atoms with E-state index in [0.717, 1.165) is 0 Å². The maximum absolute atomic E-state index is 11.5. The molecular weight excluding hydrogens is 202 g/mol. The zero-order valence-electron chi connectivity index (χ0n) is 10.3. The molecule has 0 aromatic rings. The lowest BCUT2D eigenvalue weighted by molar-refractivity contribution is -0.143. The average molecular weight is 225 g/mol. The topological polar surface area (TPSA) is 29.5 Å². The minimum Gasteiger partial charge on any atom is -0.468 e. The lowest BCUT2D eigenvalue weighted by atomic mass is 10.1. The lowest BCUT2D eigenvalue weighted by Gasteiger charge is -2.33. The van der Waals surface area contributed by atoms with E-state index in [0.29, 0.717) is 18.6 Å². The van der Waals surface area contributed by atoms with E-state index in [-0.39, 0.29) is 5.97 Å². The van der Waals surface area contributed by atoms with Crippen molar-refractivity contribution in [2.75, 3.05) is 13.7 Å². The van der Waals surface area contributed by atoms with Crippen LogP contribution in [0.25, 0.3) is 0 Å². The fraction of sp³-hybridized carbons (Fsp3) is 0.923. The third-order valence-electron chi connectivity index (χ3n) is 4.13. The zero-order chi connectivity index (χ0) is 11.4. The van der Waals surface area contributed by atoms with Gasteiger partial charge in [-0.3, -0.25) is 9.69 Å². The molecule has 0 aliphatic heterocycles. The molecule has 3 nitrogen and oxygen atoms in total. The Balaban J connectivity index is 1.96. The Labute approximate surface area is 98.1 Å². The van der Waals surface area contributed by atoms with Gasteiger partial charge in [-0.15, -0.1) is 0 Å². The summed E-state index contributed by atoms with van der Waals surface area (Å²) in [6.07, 6.45) is 10.4. The predicted octanol–water partition coefficient (Wildman–Crippen LogP) is 2.35. The highest BCUT2D eigenvalue weighted by Crippen LogP contribution is 2.31. The quantitative estimate of drug-likeness (QED) is 0.688. The van der Waals surface area contributed by atoms with E-state index in [1.165, 1.54) is 58.5 Å². The lowest BCUT2D eigenvalue weighted by Crippen LogP contribution is -2.44. The molecule has 2 aliphatic carbocycles. The molecule has 92 valence electrons. The van der Waals surface area contributed by atoms with Gasteiger partial charge in [0.25, 0.3) is 0 Å². The van der Waals surface area contributed by atoms with Crippen LogP contribution in [0.1, 0.15) is 51.4 Å². The summed E-state index contributed by atoms with van der Waals surface area (Å²) in [5, 5.41) is 0. The average Bonchev–Trinajstić information content (AvgIpc) is 2.97. The summed E-state index contributed by atoms with van der Waals surface area (Å²) in [6.45, 7) is 0.506. The first-order chi connectivity index (χ1) is 7.81. The van der Waals surface area contributed by atoms with Gasteiger partial charge in [-0.05, 0) is 25.7 Å². The fourth-order valence-corrected chi connectivity index (χ4v) is 3.24. The van der Waals surface area contributed by atoms with Crippen LogP contribution in [0.4, 0.5) is 0 Å². The maximum Gasteiger partial charge on any atom is 0.319 e. The van der Waals surface area contributed by atoms with Crippen molar-refractivity contribution in [3.05, 3.63) is 0 Å². The molecule has 0 heterocycles. The molecule has 2 aliphatic rings. The summed E-state index contributed by atoms with van der Waals surface area (Å²) in [5.74, 6) is -0.0706. The molecule has 0 N–H and O–H groups in total. The second kappa shape index (κ2) is 5.67. The van der Waals surface area contributed by atoms with Gasteiger partial charge in [-0.2, -0.15) is 0 Å². The number of carbonyl (C=O) groups is 1. The SMILES string of the molecule is COC(=O)CN(C1CCCC1)C1CCCC1. The summed E-state index contributed by atoms with van der Waals surface area (Å²) in [5.41, 5.74) is 0. The number of hydrogen-bond acceptors (Lipinski definition) is 3. The highest BCUT2D eigenvalue weighted by molar-refractivity contribution is 5.71. The van der Waals surface area contributed by atoms with Crippen molar-refractivity contribution in [3.8, 4) is 0 Å². The molecular formula is C13H23NO2. The Morgan fingerprint density at radius 3 is 1.88 bits per heavy atom. The normalized spacial score (nSPS) is 23.1. The van der Waals surface area contributed by atoms with Crippen LogP contribution in [0.2, 0.25) is 0 Å². The molecule has 2 rings (SSSR count). The van der Waals surface area contributed by atoms with Crippen LogP contribution < -0.4 is 0 Å².